The Kier molecular flexibility index (Phi) is 2.21. The molecule has 0 radical (unpaired) electrons. The second-order valence-electron chi connectivity index (χ2n) is 5.16. The summed E-state index contributed by atoms with van der Waals surface area (Å²) in [6.45, 7) is 4.21. The van der Waals surface area contributed by atoms with Crippen LogP contribution in [-0.2, 0) is 0 Å². The Hall–Kier alpha value is -2.62. The van der Waals surface area contributed by atoms with Gasteiger partial charge in [0.2, 0.25) is 0 Å². The molecule has 0 aliphatic heterocycles. The van der Waals surface area contributed by atoms with Crippen LogP contribution in [0.2, 0.25) is 0 Å². The molecule has 0 aliphatic rings. The van der Waals surface area contributed by atoms with Crippen molar-refractivity contribution in [2.45, 2.75) is 13.8 Å². The fourth-order valence-electron chi connectivity index (χ4n) is 2.53. The van der Waals surface area contributed by atoms with Crippen LogP contribution in [0.25, 0.3) is 33.5 Å². The van der Waals surface area contributed by atoms with Crippen LogP contribution in [0.4, 0.5) is 0 Å². The molecule has 0 aliphatic carbocycles. The smallest absolute Gasteiger partial charge is 0.159 e. The molecule has 0 saturated carbocycles. The van der Waals surface area contributed by atoms with Crippen LogP contribution in [0.15, 0.2) is 36.4 Å². The minimum Gasteiger partial charge on any atom is -0.337 e. The first-order chi connectivity index (χ1) is 9.72. The second-order valence-corrected chi connectivity index (χ2v) is 5.16. The molecule has 0 atom stereocenters. The number of hydrogen-bond acceptors (Lipinski definition) is 2. The molecule has 0 amide bonds. The standard InChI is InChI=1S/C16H14N4/c1-9-7-13-14(8-10(9)2)18-16(17-13)15-11-5-3-4-6-12(11)19-20-15/h3-8H,1-2H3,(H,17,18)(H,19,20). The van der Waals surface area contributed by atoms with Crippen molar-refractivity contribution in [3.63, 3.8) is 0 Å². The lowest BCUT2D eigenvalue weighted by Crippen LogP contribution is -1.80. The monoisotopic (exact) mass is 262 g/mol. The lowest BCUT2D eigenvalue weighted by molar-refractivity contribution is 1.11. The number of H-pyrrole nitrogens is 2. The number of aromatic nitrogens is 4. The number of fused-ring (bicyclic) bond motifs is 2. The lowest BCUT2D eigenvalue weighted by atomic mass is 10.1. The summed E-state index contributed by atoms with van der Waals surface area (Å²) in [7, 11) is 0. The molecule has 2 aromatic heterocycles. The largest absolute Gasteiger partial charge is 0.337 e. The molecular formula is C16H14N4. The van der Waals surface area contributed by atoms with Gasteiger partial charge in [-0.1, -0.05) is 18.2 Å². The van der Waals surface area contributed by atoms with E-state index in [0.29, 0.717) is 0 Å². The SMILES string of the molecule is Cc1cc2nc(-c3n[nH]c4ccccc34)[nH]c2cc1C. The highest BCUT2D eigenvalue weighted by Gasteiger charge is 2.12. The van der Waals surface area contributed by atoms with E-state index in [0.717, 1.165) is 33.5 Å². The Labute approximate surface area is 115 Å². The van der Waals surface area contributed by atoms with Gasteiger partial charge in [-0.25, -0.2) is 4.98 Å². The molecule has 4 aromatic rings. The maximum Gasteiger partial charge on any atom is 0.159 e. The van der Waals surface area contributed by atoms with Crippen molar-refractivity contribution in [2.75, 3.05) is 0 Å². The van der Waals surface area contributed by atoms with Crippen molar-refractivity contribution in [3.05, 3.63) is 47.5 Å². The van der Waals surface area contributed by atoms with Crippen LogP contribution in [0.1, 0.15) is 11.1 Å². The molecule has 0 bridgehead atoms. The van der Waals surface area contributed by atoms with Crippen LogP contribution in [0, 0.1) is 13.8 Å². The molecule has 4 heteroatoms. The van der Waals surface area contributed by atoms with Crippen molar-refractivity contribution in [1.82, 2.24) is 20.2 Å². The summed E-state index contributed by atoms with van der Waals surface area (Å²) in [5.41, 5.74) is 6.44. The number of nitrogens with zero attached hydrogens (tertiary/aromatic N) is 2. The molecule has 0 fully saturated rings. The number of para-hydroxylation sites is 1. The summed E-state index contributed by atoms with van der Waals surface area (Å²) in [4.78, 5) is 8.03. The van der Waals surface area contributed by atoms with Gasteiger partial charge in [-0.2, -0.15) is 5.10 Å². The third kappa shape index (κ3) is 1.54. The molecular weight excluding hydrogens is 248 g/mol. The van der Waals surface area contributed by atoms with Gasteiger partial charge in [0.15, 0.2) is 5.82 Å². The van der Waals surface area contributed by atoms with Gasteiger partial charge in [0, 0.05) is 5.39 Å². The second kappa shape index (κ2) is 3.93. The van der Waals surface area contributed by atoms with Gasteiger partial charge in [-0.15, -0.1) is 0 Å². The zero-order valence-electron chi connectivity index (χ0n) is 11.4. The van der Waals surface area contributed by atoms with Gasteiger partial charge >= 0.3 is 0 Å². The van der Waals surface area contributed by atoms with Crippen molar-refractivity contribution in [1.29, 1.82) is 0 Å². The first-order valence-electron chi connectivity index (χ1n) is 6.63. The maximum absolute atomic E-state index is 4.67. The van der Waals surface area contributed by atoms with Gasteiger partial charge < -0.3 is 4.98 Å². The zero-order chi connectivity index (χ0) is 13.7. The number of nitrogens with one attached hydrogen (secondary N) is 2. The molecule has 2 aromatic carbocycles. The lowest BCUT2D eigenvalue weighted by Gasteiger charge is -1.97. The quantitative estimate of drug-likeness (QED) is 0.549. The van der Waals surface area contributed by atoms with E-state index in [4.69, 9.17) is 0 Å². The first-order valence-corrected chi connectivity index (χ1v) is 6.63. The van der Waals surface area contributed by atoms with Crippen molar-refractivity contribution in [2.24, 2.45) is 0 Å². The summed E-state index contributed by atoms with van der Waals surface area (Å²) in [5.74, 6) is 0.808. The first kappa shape index (κ1) is 11.2. The Morgan fingerprint density at radius 3 is 2.65 bits per heavy atom. The summed E-state index contributed by atoms with van der Waals surface area (Å²) in [6, 6.07) is 12.3. The number of imidazole rings is 1. The fourth-order valence-corrected chi connectivity index (χ4v) is 2.53. The average Bonchev–Trinajstić information content (AvgIpc) is 3.02. The molecule has 2 N–H and O–H groups in total. The van der Waals surface area contributed by atoms with Gasteiger partial charge in [-0.05, 0) is 43.2 Å². The van der Waals surface area contributed by atoms with Gasteiger partial charge in [-0.3, -0.25) is 5.10 Å². The van der Waals surface area contributed by atoms with E-state index in [2.05, 4.69) is 52.2 Å². The summed E-state index contributed by atoms with van der Waals surface area (Å²) in [5, 5.41) is 8.51. The molecule has 2 heterocycles. The number of benzene rings is 2. The van der Waals surface area contributed by atoms with E-state index in [-0.39, 0.29) is 0 Å². The van der Waals surface area contributed by atoms with E-state index in [1.165, 1.54) is 11.1 Å². The van der Waals surface area contributed by atoms with Crippen LogP contribution in [-0.4, -0.2) is 20.2 Å². The van der Waals surface area contributed by atoms with Gasteiger partial charge in [0.05, 0.1) is 16.6 Å². The fraction of sp³-hybridized carbons (Fsp3) is 0.125. The van der Waals surface area contributed by atoms with Crippen molar-refractivity contribution in [3.8, 4) is 11.5 Å². The van der Waals surface area contributed by atoms with E-state index in [1.54, 1.807) is 0 Å². The Bertz CT molecular complexity index is 891. The highest BCUT2D eigenvalue weighted by atomic mass is 15.1. The van der Waals surface area contributed by atoms with E-state index >= 15 is 0 Å². The maximum atomic E-state index is 4.67. The average molecular weight is 262 g/mol. The normalized spacial score (nSPS) is 11.5. The number of aromatic amines is 2. The Morgan fingerprint density at radius 1 is 0.950 bits per heavy atom. The third-order valence-electron chi connectivity index (χ3n) is 3.79. The van der Waals surface area contributed by atoms with E-state index < -0.39 is 0 Å². The molecule has 4 rings (SSSR count). The highest BCUT2D eigenvalue weighted by molar-refractivity contribution is 5.93. The molecule has 98 valence electrons. The predicted molar refractivity (Wildman–Crippen MR) is 80.7 cm³/mol. The van der Waals surface area contributed by atoms with Crippen LogP contribution in [0.3, 0.4) is 0 Å². The third-order valence-corrected chi connectivity index (χ3v) is 3.79. The summed E-state index contributed by atoms with van der Waals surface area (Å²) >= 11 is 0. The molecule has 0 saturated heterocycles. The van der Waals surface area contributed by atoms with Gasteiger partial charge in [0.25, 0.3) is 0 Å². The zero-order valence-corrected chi connectivity index (χ0v) is 11.4. The minimum atomic E-state index is 0.808. The number of hydrogen-bond donors (Lipinski definition) is 2. The molecule has 0 unspecified atom stereocenters. The van der Waals surface area contributed by atoms with Crippen molar-refractivity contribution >= 4 is 21.9 Å². The van der Waals surface area contributed by atoms with Crippen LogP contribution >= 0.6 is 0 Å². The Balaban J connectivity index is 1.98. The molecule has 0 spiro atoms. The highest BCUT2D eigenvalue weighted by Crippen LogP contribution is 2.26. The number of aryl methyl sites for hydroxylation is 2. The topological polar surface area (TPSA) is 57.4 Å². The molecule has 20 heavy (non-hydrogen) atoms. The van der Waals surface area contributed by atoms with Crippen molar-refractivity contribution < 1.29 is 0 Å². The summed E-state index contributed by atoms with van der Waals surface area (Å²) < 4.78 is 0. The summed E-state index contributed by atoms with van der Waals surface area (Å²) in [6.07, 6.45) is 0. The number of rotatable bonds is 1. The van der Waals surface area contributed by atoms with E-state index in [9.17, 15) is 0 Å². The predicted octanol–water partition coefficient (Wildman–Crippen LogP) is 3.72. The van der Waals surface area contributed by atoms with Crippen LogP contribution < -0.4 is 0 Å². The van der Waals surface area contributed by atoms with Crippen LogP contribution in [0.5, 0.6) is 0 Å². The van der Waals surface area contributed by atoms with E-state index in [1.807, 2.05) is 18.2 Å². The minimum absolute atomic E-state index is 0.808. The molecule has 4 nitrogen and oxygen atoms in total. The van der Waals surface area contributed by atoms with Gasteiger partial charge in [0.1, 0.15) is 5.69 Å². The Morgan fingerprint density at radius 2 is 1.75 bits per heavy atom.